The lowest BCUT2D eigenvalue weighted by atomic mass is 10.1. The van der Waals surface area contributed by atoms with Crippen LogP contribution < -0.4 is 5.32 Å². The third-order valence-corrected chi connectivity index (χ3v) is 2.36. The highest BCUT2D eigenvalue weighted by molar-refractivity contribution is 5.87. The Balaban J connectivity index is 2.50. The number of hydrogen-bond acceptors (Lipinski definition) is 1. The SMILES string of the molecule is C/C=C/C=C/C(=O)NCCc1ccc(F)c(F)c1F. The number of halogens is 3. The molecule has 0 saturated carbocycles. The third kappa shape index (κ3) is 4.62. The molecule has 0 aliphatic carbocycles. The Kier molecular flexibility index (Phi) is 5.85. The zero-order valence-electron chi connectivity index (χ0n) is 10.4. The van der Waals surface area contributed by atoms with Crippen LogP contribution >= 0.6 is 0 Å². The minimum atomic E-state index is -1.49. The van der Waals surface area contributed by atoms with Gasteiger partial charge in [0, 0.05) is 12.6 Å². The van der Waals surface area contributed by atoms with Crippen LogP contribution in [0.2, 0.25) is 0 Å². The number of nitrogens with one attached hydrogen (secondary N) is 1. The molecule has 0 saturated heterocycles. The summed E-state index contributed by atoms with van der Waals surface area (Å²) in [6.07, 6.45) is 6.43. The van der Waals surface area contributed by atoms with Crippen molar-refractivity contribution in [2.24, 2.45) is 0 Å². The fourth-order valence-corrected chi connectivity index (χ4v) is 1.39. The van der Waals surface area contributed by atoms with Gasteiger partial charge in [-0.1, -0.05) is 24.3 Å². The van der Waals surface area contributed by atoms with Crippen molar-refractivity contribution in [1.29, 1.82) is 0 Å². The lowest BCUT2D eigenvalue weighted by Crippen LogP contribution is -2.23. The molecule has 1 rings (SSSR count). The molecule has 5 heteroatoms. The second kappa shape index (κ2) is 7.41. The second-order valence-corrected chi connectivity index (χ2v) is 3.76. The van der Waals surface area contributed by atoms with Gasteiger partial charge in [-0.3, -0.25) is 4.79 Å². The molecule has 1 N–H and O–H groups in total. The Morgan fingerprint density at radius 1 is 1.21 bits per heavy atom. The van der Waals surface area contributed by atoms with Crippen molar-refractivity contribution in [3.63, 3.8) is 0 Å². The van der Waals surface area contributed by atoms with Crippen molar-refractivity contribution in [1.82, 2.24) is 5.32 Å². The number of amides is 1. The molecule has 0 bridgehead atoms. The van der Waals surface area contributed by atoms with Crippen molar-refractivity contribution in [3.8, 4) is 0 Å². The minimum absolute atomic E-state index is 0.0247. The highest BCUT2D eigenvalue weighted by Gasteiger charge is 2.12. The van der Waals surface area contributed by atoms with E-state index in [1.807, 2.05) is 6.92 Å². The molecule has 1 amide bonds. The van der Waals surface area contributed by atoms with Crippen LogP contribution in [0.4, 0.5) is 13.2 Å². The van der Waals surface area contributed by atoms with Crippen molar-refractivity contribution in [3.05, 3.63) is 59.5 Å². The molecule has 0 radical (unpaired) electrons. The number of rotatable bonds is 5. The zero-order chi connectivity index (χ0) is 14.3. The van der Waals surface area contributed by atoms with Crippen molar-refractivity contribution in [2.75, 3.05) is 6.54 Å². The Bertz CT molecular complexity index is 510. The van der Waals surface area contributed by atoms with Crippen LogP contribution in [0.3, 0.4) is 0 Å². The van der Waals surface area contributed by atoms with Gasteiger partial charge in [-0.05, 0) is 25.0 Å². The minimum Gasteiger partial charge on any atom is -0.352 e. The summed E-state index contributed by atoms with van der Waals surface area (Å²) < 4.78 is 38.9. The van der Waals surface area contributed by atoms with Gasteiger partial charge in [-0.15, -0.1) is 0 Å². The van der Waals surface area contributed by atoms with E-state index in [0.29, 0.717) is 0 Å². The Hall–Kier alpha value is -2.04. The summed E-state index contributed by atoms with van der Waals surface area (Å²) >= 11 is 0. The maximum absolute atomic E-state index is 13.3. The van der Waals surface area contributed by atoms with E-state index in [1.165, 1.54) is 6.08 Å². The van der Waals surface area contributed by atoms with E-state index < -0.39 is 17.5 Å². The molecule has 0 fully saturated rings. The van der Waals surface area contributed by atoms with Gasteiger partial charge in [0.25, 0.3) is 0 Å². The second-order valence-electron chi connectivity index (χ2n) is 3.76. The van der Waals surface area contributed by atoms with E-state index in [4.69, 9.17) is 0 Å². The summed E-state index contributed by atoms with van der Waals surface area (Å²) in [5.41, 5.74) is 0.0247. The molecular weight excluding hydrogens is 255 g/mol. The maximum Gasteiger partial charge on any atom is 0.243 e. The molecule has 0 atom stereocenters. The molecule has 0 aromatic heterocycles. The van der Waals surface area contributed by atoms with Crippen LogP contribution in [0.15, 0.2) is 36.4 Å². The van der Waals surface area contributed by atoms with Gasteiger partial charge in [-0.25, -0.2) is 13.2 Å². The average molecular weight is 269 g/mol. The summed E-state index contributed by atoms with van der Waals surface area (Å²) in [7, 11) is 0. The first-order valence-electron chi connectivity index (χ1n) is 5.75. The zero-order valence-corrected chi connectivity index (χ0v) is 10.4. The largest absolute Gasteiger partial charge is 0.352 e. The predicted molar refractivity (Wildman–Crippen MR) is 67.0 cm³/mol. The summed E-state index contributed by atoms with van der Waals surface area (Å²) in [5, 5.41) is 2.51. The van der Waals surface area contributed by atoms with Gasteiger partial charge in [0.2, 0.25) is 5.91 Å². The fraction of sp³-hybridized carbons (Fsp3) is 0.214. The summed E-state index contributed by atoms with van der Waals surface area (Å²) in [5.74, 6) is -4.25. The van der Waals surface area contributed by atoms with Gasteiger partial charge >= 0.3 is 0 Å². The Labute approximate surface area is 109 Å². The first kappa shape index (κ1) is 15.0. The fourth-order valence-electron chi connectivity index (χ4n) is 1.39. The van der Waals surface area contributed by atoms with E-state index in [1.54, 1.807) is 18.2 Å². The van der Waals surface area contributed by atoms with Crippen LogP contribution in [0.1, 0.15) is 12.5 Å². The van der Waals surface area contributed by atoms with Gasteiger partial charge in [0.15, 0.2) is 17.5 Å². The number of benzene rings is 1. The summed E-state index contributed by atoms with van der Waals surface area (Å²) in [4.78, 5) is 11.3. The Morgan fingerprint density at radius 2 is 1.95 bits per heavy atom. The van der Waals surface area contributed by atoms with Crippen LogP contribution in [-0.4, -0.2) is 12.5 Å². The molecule has 0 aliphatic heterocycles. The summed E-state index contributed by atoms with van der Waals surface area (Å²) in [6, 6.07) is 2.02. The predicted octanol–water partition coefficient (Wildman–Crippen LogP) is 2.89. The maximum atomic E-state index is 13.3. The van der Waals surface area contributed by atoms with Crippen molar-refractivity contribution >= 4 is 5.91 Å². The highest BCUT2D eigenvalue weighted by atomic mass is 19.2. The number of carbonyl (C=O) groups excluding carboxylic acids is 1. The quantitative estimate of drug-likeness (QED) is 0.497. The molecular formula is C14H14F3NO. The van der Waals surface area contributed by atoms with Crippen LogP contribution in [0.5, 0.6) is 0 Å². The molecule has 2 nitrogen and oxygen atoms in total. The molecule has 0 spiro atoms. The van der Waals surface area contributed by atoms with Crippen LogP contribution in [0, 0.1) is 17.5 Å². The van der Waals surface area contributed by atoms with E-state index in [-0.39, 0.29) is 24.4 Å². The van der Waals surface area contributed by atoms with Gasteiger partial charge in [0.05, 0.1) is 0 Å². The molecule has 102 valence electrons. The van der Waals surface area contributed by atoms with E-state index >= 15 is 0 Å². The number of hydrogen-bond donors (Lipinski definition) is 1. The molecule has 0 heterocycles. The van der Waals surface area contributed by atoms with Crippen LogP contribution in [0.25, 0.3) is 0 Å². The molecule has 1 aromatic rings. The topological polar surface area (TPSA) is 29.1 Å². The molecule has 0 aliphatic rings. The molecule has 1 aromatic carbocycles. The molecule has 19 heavy (non-hydrogen) atoms. The van der Waals surface area contributed by atoms with Gasteiger partial charge < -0.3 is 5.32 Å². The average Bonchev–Trinajstić information content (AvgIpc) is 2.39. The molecule has 0 unspecified atom stereocenters. The van der Waals surface area contributed by atoms with Gasteiger partial charge in [-0.2, -0.15) is 0 Å². The van der Waals surface area contributed by atoms with Crippen LogP contribution in [-0.2, 0) is 11.2 Å². The van der Waals surface area contributed by atoms with E-state index in [0.717, 1.165) is 12.1 Å². The van der Waals surface area contributed by atoms with E-state index in [2.05, 4.69) is 5.32 Å². The highest BCUT2D eigenvalue weighted by Crippen LogP contribution is 2.15. The van der Waals surface area contributed by atoms with Crippen molar-refractivity contribution < 1.29 is 18.0 Å². The lowest BCUT2D eigenvalue weighted by Gasteiger charge is -2.05. The summed E-state index contributed by atoms with van der Waals surface area (Å²) in [6.45, 7) is 1.95. The monoisotopic (exact) mass is 269 g/mol. The first-order valence-corrected chi connectivity index (χ1v) is 5.75. The normalized spacial score (nSPS) is 11.4. The first-order chi connectivity index (χ1) is 9.06. The van der Waals surface area contributed by atoms with E-state index in [9.17, 15) is 18.0 Å². The van der Waals surface area contributed by atoms with Crippen molar-refractivity contribution in [2.45, 2.75) is 13.3 Å². The lowest BCUT2D eigenvalue weighted by molar-refractivity contribution is -0.116. The number of allylic oxidation sites excluding steroid dienone is 3. The smallest absolute Gasteiger partial charge is 0.243 e. The van der Waals surface area contributed by atoms with Gasteiger partial charge in [0.1, 0.15) is 0 Å². The number of carbonyl (C=O) groups is 1. The Morgan fingerprint density at radius 3 is 2.63 bits per heavy atom. The third-order valence-electron chi connectivity index (χ3n) is 2.36. The standard InChI is InChI=1S/C14H14F3NO/c1-2-3-4-5-12(19)18-9-8-10-6-7-11(15)14(17)13(10)16/h2-7H,8-9H2,1H3,(H,18,19)/b3-2+,5-4+.